The largest absolute Gasteiger partial charge is 0.481 e. The van der Waals surface area contributed by atoms with Gasteiger partial charge in [-0.3, -0.25) is 42.3 Å². The minimum atomic E-state index is -5.33. The van der Waals surface area contributed by atoms with Crippen LogP contribution in [0, 0.1) is 5.92 Å². The molecule has 0 aromatic carbocycles. The monoisotopic (exact) mass is 753 g/mol. The lowest BCUT2D eigenvalue weighted by molar-refractivity contribution is -0.142. The smallest absolute Gasteiger partial charge is 0.481 e. The maximum absolute atomic E-state index is 12.6. The molecule has 0 spiro atoms. The molecule has 0 saturated carbocycles. The van der Waals surface area contributed by atoms with Crippen molar-refractivity contribution in [2.24, 2.45) is 5.92 Å². The third kappa shape index (κ3) is 13.4. The van der Waals surface area contributed by atoms with Gasteiger partial charge >= 0.3 is 33.3 Å². The summed E-state index contributed by atoms with van der Waals surface area (Å²) < 4.78 is 56.3. The van der Waals surface area contributed by atoms with Gasteiger partial charge in [0, 0.05) is 31.3 Å². The number of aliphatic hydroxyl groups is 2. The third-order valence-electron chi connectivity index (χ3n) is 6.89. The summed E-state index contributed by atoms with van der Waals surface area (Å²) in [6.45, 7) is -0.250. The van der Waals surface area contributed by atoms with Crippen molar-refractivity contribution in [3.05, 3.63) is 33.1 Å². The van der Waals surface area contributed by atoms with E-state index in [1.165, 1.54) is 6.92 Å². The molecule has 25 heteroatoms. The highest BCUT2D eigenvalue weighted by Crippen LogP contribution is 2.60. The van der Waals surface area contributed by atoms with E-state index < -0.39 is 114 Å². The van der Waals surface area contributed by atoms with Gasteiger partial charge in [0.1, 0.15) is 24.1 Å². The zero-order valence-electron chi connectivity index (χ0n) is 25.3. The normalized spacial score (nSPS) is 24.5. The van der Waals surface area contributed by atoms with Crippen LogP contribution in [0.5, 0.6) is 0 Å². The number of carboxylic acid groups (broad SMARTS) is 2. The maximum Gasteiger partial charge on any atom is 0.481 e. The first-order valence-electron chi connectivity index (χ1n) is 14.2. The Morgan fingerprint density at radius 3 is 2.25 bits per heavy atom. The van der Waals surface area contributed by atoms with Gasteiger partial charge in [0.25, 0.3) is 5.56 Å². The zero-order chi connectivity index (χ0) is 36.4. The molecule has 1 amide bonds. The minimum Gasteiger partial charge on any atom is -0.481 e. The number of aliphatic hydroxyl groups excluding tert-OH is 2. The fourth-order valence-corrected chi connectivity index (χ4v) is 8.03. The van der Waals surface area contributed by atoms with Gasteiger partial charge < -0.3 is 45.2 Å². The molecular weight excluding hydrogens is 715 g/mol. The van der Waals surface area contributed by atoms with Crippen LogP contribution in [0.15, 0.2) is 21.9 Å². The molecule has 0 aliphatic carbocycles. The van der Waals surface area contributed by atoms with Crippen LogP contribution in [-0.2, 0) is 46.2 Å². The van der Waals surface area contributed by atoms with Crippen molar-refractivity contribution in [3.8, 4) is 0 Å². The number of aromatic amines is 1. The molecule has 48 heavy (non-hydrogen) atoms. The van der Waals surface area contributed by atoms with E-state index in [9.17, 15) is 67.7 Å². The summed E-state index contributed by atoms with van der Waals surface area (Å²) in [5.74, 6) is -6.12. The van der Waals surface area contributed by atoms with Crippen LogP contribution < -0.4 is 16.6 Å². The molecule has 2 heterocycles. The van der Waals surface area contributed by atoms with Crippen LogP contribution in [0.2, 0.25) is 0 Å². The molecule has 1 aliphatic heterocycles. The van der Waals surface area contributed by atoms with Gasteiger partial charge in [-0.1, -0.05) is 6.42 Å². The Morgan fingerprint density at radius 1 is 1.00 bits per heavy atom. The van der Waals surface area contributed by atoms with Crippen molar-refractivity contribution in [2.75, 3.05) is 19.4 Å². The van der Waals surface area contributed by atoms with Crippen molar-refractivity contribution >= 4 is 40.9 Å². The van der Waals surface area contributed by atoms with Crippen molar-refractivity contribution < 1.29 is 81.3 Å². The minimum absolute atomic E-state index is 0.0429. The Balaban J connectivity index is 1.73. The molecule has 9 N–H and O–H groups in total. The lowest BCUT2D eigenvalue weighted by Gasteiger charge is -2.23. The van der Waals surface area contributed by atoms with Crippen molar-refractivity contribution in [3.63, 3.8) is 0 Å². The third-order valence-corrected chi connectivity index (χ3v) is 11.8. The van der Waals surface area contributed by atoms with Gasteiger partial charge in [-0.05, 0) is 26.2 Å². The molecule has 0 bridgehead atoms. The Hall–Kier alpha value is -2.58. The van der Waals surface area contributed by atoms with E-state index in [2.05, 4.69) is 18.7 Å². The number of H-pyrrole nitrogens is 1. The maximum atomic E-state index is 12.6. The molecule has 1 aliphatic rings. The Labute approximate surface area is 271 Å². The predicted molar refractivity (Wildman–Crippen MR) is 159 cm³/mol. The number of unbranched alkanes of at least 4 members (excludes halogenated alkanes) is 2. The van der Waals surface area contributed by atoms with Gasteiger partial charge in [-0.25, -0.2) is 13.9 Å². The molecule has 1 aromatic heterocycles. The van der Waals surface area contributed by atoms with E-state index >= 15 is 0 Å². The van der Waals surface area contributed by atoms with Crippen LogP contribution in [0.25, 0.3) is 0 Å². The number of hydrogen-bond donors (Lipinski definition) is 9. The quantitative estimate of drug-likeness (QED) is 0.0551. The standard InChI is InChI=1S/C23H38N3O19P3/c1-13(46(36,37)12-14(22(33)34)6-7-18(29)30)24-16(27)5-3-2-4-10-42-47(38,39)45-48(40,41)43-11-15-19(31)20(32)21(44-15)26-9-8-17(28)25-23(26)35/h8-9,13-15,19-21,31-32H,2-7,10-12H2,1H3,(H,24,27)(H,29,30)(H,33,34)(H,36,37)(H,38,39)(H,40,41)(H,25,28,35)/t13?,14?,15-,19-,20-,21-/m1/s1. The molecule has 274 valence electrons. The van der Waals surface area contributed by atoms with Gasteiger partial charge in [0.15, 0.2) is 6.23 Å². The van der Waals surface area contributed by atoms with E-state index in [0.29, 0.717) is 0 Å². The molecular formula is C23H38N3O19P3. The second kappa shape index (κ2) is 17.9. The van der Waals surface area contributed by atoms with Gasteiger partial charge in [0.05, 0.1) is 19.1 Å². The van der Waals surface area contributed by atoms with E-state index in [1.807, 2.05) is 4.98 Å². The summed E-state index contributed by atoms with van der Waals surface area (Å²) >= 11 is 0. The number of rotatable bonds is 21. The summed E-state index contributed by atoms with van der Waals surface area (Å²) in [5.41, 5.74) is -1.73. The van der Waals surface area contributed by atoms with Crippen molar-refractivity contribution in [1.29, 1.82) is 0 Å². The number of carbonyl (C=O) groups is 3. The van der Waals surface area contributed by atoms with E-state index in [0.717, 1.165) is 16.8 Å². The van der Waals surface area contributed by atoms with Crippen LogP contribution in [0.1, 0.15) is 51.7 Å². The second-order valence-corrected chi connectivity index (χ2v) is 16.4. The number of aromatic nitrogens is 2. The molecule has 0 radical (unpaired) electrons. The number of phosphoric ester groups is 2. The van der Waals surface area contributed by atoms with Crippen LogP contribution in [0.4, 0.5) is 0 Å². The summed E-state index contributed by atoms with van der Waals surface area (Å²) in [7, 11) is -14.8. The fraction of sp³-hybridized carbons (Fsp3) is 0.696. The molecule has 22 nitrogen and oxygen atoms in total. The topological polar surface area (TPSA) is 348 Å². The number of carboxylic acids is 2. The van der Waals surface area contributed by atoms with Gasteiger partial charge in [0.2, 0.25) is 13.3 Å². The molecule has 1 aromatic rings. The van der Waals surface area contributed by atoms with Crippen molar-refractivity contribution in [2.45, 2.75) is 75.8 Å². The summed E-state index contributed by atoms with van der Waals surface area (Å²) in [6, 6.07) is 0.940. The number of ether oxygens (including phenoxy) is 1. The lowest BCUT2D eigenvalue weighted by Crippen LogP contribution is -2.37. The van der Waals surface area contributed by atoms with Crippen molar-refractivity contribution in [1.82, 2.24) is 14.9 Å². The lowest BCUT2D eigenvalue weighted by atomic mass is 10.1. The van der Waals surface area contributed by atoms with E-state index in [4.69, 9.17) is 9.84 Å². The number of aliphatic carboxylic acids is 2. The number of amides is 1. The fourth-order valence-electron chi connectivity index (χ4n) is 4.28. The molecule has 1 fully saturated rings. The second-order valence-electron chi connectivity index (χ2n) is 10.7. The Bertz CT molecular complexity index is 1550. The Kier molecular flexibility index (Phi) is 15.5. The first-order valence-corrected chi connectivity index (χ1v) is 19.1. The average Bonchev–Trinajstić information content (AvgIpc) is 3.23. The van der Waals surface area contributed by atoms with Crippen LogP contribution in [0.3, 0.4) is 0 Å². The number of phosphoric acid groups is 2. The number of carbonyl (C=O) groups excluding carboxylic acids is 1. The summed E-state index contributed by atoms with van der Waals surface area (Å²) in [6.07, 6.45) is -6.97. The van der Waals surface area contributed by atoms with Crippen LogP contribution in [-0.4, -0.2) is 106 Å². The SMILES string of the molecule is CC(NC(=O)CCCCCOP(=O)(O)OP(=O)(O)OC[C@H]1O[C@@H](n2ccc(=O)[nH]c2=O)[C@H](O)[C@@H]1O)P(=O)(O)CC(CCC(=O)O)C(=O)O. The highest BCUT2D eigenvalue weighted by Gasteiger charge is 2.46. The number of nitrogens with zero attached hydrogens (tertiary/aromatic N) is 1. The Morgan fingerprint density at radius 2 is 1.65 bits per heavy atom. The van der Waals surface area contributed by atoms with Gasteiger partial charge in [-0.15, -0.1) is 0 Å². The van der Waals surface area contributed by atoms with Gasteiger partial charge in [-0.2, -0.15) is 4.31 Å². The molecule has 1 saturated heterocycles. The highest BCUT2D eigenvalue weighted by molar-refractivity contribution is 7.61. The zero-order valence-corrected chi connectivity index (χ0v) is 28.0. The number of nitrogens with one attached hydrogen (secondary N) is 2. The van der Waals surface area contributed by atoms with E-state index in [-0.39, 0.29) is 32.1 Å². The molecule has 5 unspecified atom stereocenters. The predicted octanol–water partition coefficient (Wildman–Crippen LogP) is -0.735. The first kappa shape index (κ1) is 41.6. The summed E-state index contributed by atoms with van der Waals surface area (Å²) in [5, 5.41) is 40.6. The molecule has 9 atom stereocenters. The number of hydrogen-bond acceptors (Lipinski definition) is 14. The first-order chi connectivity index (χ1) is 22.1. The van der Waals surface area contributed by atoms with E-state index in [1.54, 1.807) is 0 Å². The highest BCUT2D eigenvalue weighted by atomic mass is 31.3. The van der Waals surface area contributed by atoms with Crippen LogP contribution >= 0.6 is 23.0 Å². The summed E-state index contributed by atoms with van der Waals surface area (Å²) in [4.78, 5) is 89.2. The average molecular weight is 753 g/mol. The molecule has 2 rings (SSSR count).